The van der Waals surface area contributed by atoms with Gasteiger partial charge in [0.25, 0.3) is 0 Å². The van der Waals surface area contributed by atoms with Gasteiger partial charge in [-0.2, -0.15) is 5.10 Å². The highest BCUT2D eigenvalue weighted by Crippen LogP contribution is 2.23. The summed E-state index contributed by atoms with van der Waals surface area (Å²) < 4.78 is 1.66. The van der Waals surface area contributed by atoms with E-state index in [0.29, 0.717) is 6.54 Å². The third kappa shape index (κ3) is 3.01. The van der Waals surface area contributed by atoms with Crippen molar-refractivity contribution in [3.8, 4) is 0 Å². The van der Waals surface area contributed by atoms with E-state index < -0.39 is 11.9 Å². The van der Waals surface area contributed by atoms with Gasteiger partial charge in [-0.15, -0.1) is 0 Å². The zero-order valence-electron chi connectivity index (χ0n) is 11.0. The molecule has 0 aliphatic carbocycles. The minimum atomic E-state index is -0.834. The first-order valence-electron chi connectivity index (χ1n) is 6.16. The molecule has 19 heavy (non-hydrogen) atoms. The van der Waals surface area contributed by atoms with E-state index in [9.17, 15) is 9.59 Å². The van der Waals surface area contributed by atoms with Crippen LogP contribution in [-0.4, -0.2) is 44.8 Å². The van der Waals surface area contributed by atoms with Gasteiger partial charge in [-0.05, 0) is 12.0 Å². The highest BCUT2D eigenvalue weighted by Gasteiger charge is 2.36. The molecule has 1 aliphatic heterocycles. The number of carbonyl (C=O) groups is 2. The number of likely N-dealkylation sites (tertiary alicyclic amines) is 1. The molecule has 1 aromatic rings. The fraction of sp³-hybridized carbons (Fsp3) is 0.462. The number of nitrogens with zero attached hydrogens (tertiary/aromatic N) is 3. The lowest BCUT2D eigenvalue weighted by Gasteiger charge is -2.12. The number of hydrogen-bond acceptors (Lipinski definition) is 3. The summed E-state index contributed by atoms with van der Waals surface area (Å²) in [6.07, 6.45) is 6.62. The molecule has 2 unspecified atom stereocenters. The Morgan fingerprint density at radius 2 is 2.21 bits per heavy atom. The molecule has 1 aromatic heterocycles. The fourth-order valence-corrected chi connectivity index (χ4v) is 2.27. The van der Waals surface area contributed by atoms with Crippen molar-refractivity contribution < 1.29 is 14.7 Å². The largest absolute Gasteiger partial charge is 0.481 e. The van der Waals surface area contributed by atoms with Gasteiger partial charge in [0.15, 0.2) is 0 Å². The van der Waals surface area contributed by atoms with Crippen LogP contribution in [0.2, 0.25) is 0 Å². The number of carboxylic acids is 1. The molecule has 0 bridgehead atoms. The number of aliphatic carboxylic acids is 1. The van der Waals surface area contributed by atoms with Gasteiger partial charge in [-0.25, -0.2) is 0 Å². The van der Waals surface area contributed by atoms with Gasteiger partial charge in [0.1, 0.15) is 0 Å². The van der Waals surface area contributed by atoms with Crippen LogP contribution in [0.5, 0.6) is 0 Å². The molecule has 6 heteroatoms. The molecule has 102 valence electrons. The van der Waals surface area contributed by atoms with Gasteiger partial charge in [0.2, 0.25) is 5.91 Å². The summed E-state index contributed by atoms with van der Waals surface area (Å²) in [5, 5.41) is 13.0. The molecule has 0 spiro atoms. The molecule has 1 saturated heterocycles. The van der Waals surface area contributed by atoms with Crippen molar-refractivity contribution in [2.75, 3.05) is 13.1 Å². The highest BCUT2D eigenvalue weighted by molar-refractivity contribution is 5.92. The molecule has 0 saturated carbocycles. The van der Waals surface area contributed by atoms with E-state index in [-0.39, 0.29) is 18.4 Å². The maximum absolute atomic E-state index is 12.0. The van der Waals surface area contributed by atoms with E-state index in [1.165, 1.54) is 6.08 Å². The van der Waals surface area contributed by atoms with Gasteiger partial charge in [0, 0.05) is 38.0 Å². The predicted octanol–water partition coefficient (Wildman–Crippen LogP) is 0.612. The lowest BCUT2D eigenvalue weighted by molar-refractivity contribution is -0.142. The fourth-order valence-electron chi connectivity index (χ4n) is 2.27. The molecular formula is C13H17N3O3. The van der Waals surface area contributed by atoms with E-state index in [1.54, 1.807) is 35.1 Å². The summed E-state index contributed by atoms with van der Waals surface area (Å²) in [4.78, 5) is 24.5. The smallest absolute Gasteiger partial charge is 0.308 e. The first-order chi connectivity index (χ1) is 8.97. The molecule has 1 N–H and O–H groups in total. The summed E-state index contributed by atoms with van der Waals surface area (Å²) in [5.74, 6) is -1.46. The molecule has 2 heterocycles. The van der Waals surface area contributed by atoms with Crippen molar-refractivity contribution in [1.82, 2.24) is 14.7 Å². The summed E-state index contributed by atoms with van der Waals surface area (Å²) >= 11 is 0. The Morgan fingerprint density at radius 3 is 2.74 bits per heavy atom. The monoisotopic (exact) mass is 263 g/mol. The predicted molar refractivity (Wildman–Crippen MR) is 69.1 cm³/mol. The lowest BCUT2D eigenvalue weighted by Crippen LogP contribution is -2.28. The van der Waals surface area contributed by atoms with Gasteiger partial charge in [-0.1, -0.05) is 6.92 Å². The second-order valence-corrected chi connectivity index (χ2v) is 4.95. The van der Waals surface area contributed by atoms with Gasteiger partial charge < -0.3 is 10.0 Å². The summed E-state index contributed by atoms with van der Waals surface area (Å²) in [5.41, 5.74) is 0.845. The molecule has 2 atom stereocenters. The van der Waals surface area contributed by atoms with Crippen LogP contribution in [-0.2, 0) is 16.6 Å². The Labute approximate surface area is 111 Å². The van der Waals surface area contributed by atoms with Crippen LogP contribution < -0.4 is 0 Å². The van der Waals surface area contributed by atoms with Gasteiger partial charge in [-0.3, -0.25) is 14.3 Å². The standard InChI is InChI=1S/C13H17N3O3/c1-9-6-16(8-11(9)13(18)19)12(17)4-3-10-5-14-15(2)7-10/h3-5,7,9,11H,6,8H2,1-2H3,(H,18,19). The number of aromatic nitrogens is 2. The Balaban J connectivity index is 1.98. The Kier molecular flexibility index (Phi) is 3.69. The van der Waals surface area contributed by atoms with E-state index in [1.807, 2.05) is 6.92 Å². The van der Waals surface area contributed by atoms with Crippen LogP contribution in [0.1, 0.15) is 12.5 Å². The Hall–Kier alpha value is -2.11. The average molecular weight is 263 g/mol. The van der Waals surface area contributed by atoms with E-state index >= 15 is 0 Å². The SMILES string of the molecule is CC1CN(C(=O)C=Cc2cnn(C)c2)CC1C(=O)O. The second kappa shape index (κ2) is 5.26. The van der Waals surface area contributed by atoms with Gasteiger partial charge >= 0.3 is 5.97 Å². The topological polar surface area (TPSA) is 75.4 Å². The molecular weight excluding hydrogens is 246 g/mol. The van der Waals surface area contributed by atoms with Crippen LogP contribution in [0, 0.1) is 11.8 Å². The van der Waals surface area contributed by atoms with E-state index in [0.717, 1.165) is 5.56 Å². The minimum Gasteiger partial charge on any atom is -0.481 e. The van der Waals surface area contributed by atoms with Crippen molar-refractivity contribution in [3.05, 3.63) is 24.0 Å². The van der Waals surface area contributed by atoms with Crippen molar-refractivity contribution in [2.24, 2.45) is 18.9 Å². The number of amides is 1. The number of carboxylic acid groups (broad SMARTS) is 1. The molecule has 6 nitrogen and oxygen atoms in total. The zero-order valence-corrected chi connectivity index (χ0v) is 11.0. The lowest BCUT2D eigenvalue weighted by atomic mass is 9.99. The number of rotatable bonds is 3. The number of hydrogen-bond donors (Lipinski definition) is 1. The average Bonchev–Trinajstić information content (AvgIpc) is 2.92. The second-order valence-electron chi connectivity index (χ2n) is 4.95. The first-order valence-corrected chi connectivity index (χ1v) is 6.16. The van der Waals surface area contributed by atoms with Crippen molar-refractivity contribution in [2.45, 2.75) is 6.92 Å². The van der Waals surface area contributed by atoms with Crippen LogP contribution in [0.25, 0.3) is 6.08 Å². The minimum absolute atomic E-state index is 0.00626. The summed E-state index contributed by atoms with van der Waals surface area (Å²) in [6.45, 7) is 2.64. The number of carbonyl (C=O) groups excluding carboxylic acids is 1. The normalized spacial score (nSPS) is 23.2. The highest BCUT2D eigenvalue weighted by atomic mass is 16.4. The van der Waals surface area contributed by atoms with Crippen molar-refractivity contribution >= 4 is 18.0 Å². The molecule has 1 aliphatic rings. The Bertz CT molecular complexity index is 521. The molecule has 2 rings (SSSR count). The molecule has 1 fully saturated rings. The third-order valence-corrected chi connectivity index (χ3v) is 3.38. The van der Waals surface area contributed by atoms with Gasteiger partial charge in [0.05, 0.1) is 12.1 Å². The summed E-state index contributed by atoms with van der Waals surface area (Å²) in [7, 11) is 1.80. The maximum Gasteiger partial charge on any atom is 0.308 e. The van der Waals surface area contributed by atoms with E-state index in [4.69, 9.17) is 5.11 Å². The maximum atomic E-state index is 12.0. The number of aryl methyl sites for hydroxylation is 1. The Morgan fingerprint density at radius 1 is 1.47 bits per heavy atom. The molecule has 0 radical (unpaired) electrons. The molecule has 0 aromatic carbocycles. The van der Waals surface area contributed by atoms with Crippen LogP contribution >= 0.6 is 0 Å². The van der Waals surface area contributed by atoms with Crippen molar-refractivity contribution in [3.63, 3.8) is 0 Å². The van der Waals surface area contributed by atoms with Crippen LogP contribution in [0.3, 0.4) is 0 Å². The summed E-state index contributed by atoms with van der Waals surface area (Å²) in [6, 6.07) is 0. The van der Waals surface area contributed by atoms with Crippen molar-refractivity contribution in [1.29, 1.82) is 0 Å². The van der Waals surface area contributed by atoms with Crippen LogP contribution in [0.15, 0.2) is 18.5 Å². The quantitative estimate of drug-likeness (QED) is 0.811. The van der Waals surface area contributed by atoms with Crippen LogP contribution in [0.4, 0.5) is 0 Å². The third-order valence-electron chi connectivity index (χ3n) is 3.38. The zero-order chi connectivity index (χ0) is 14.0. The molecule has 1 amide bonds. The van der Waals surface area contributed by atoms with E-state index in [2.05, 4.69) is 5.10 Å². The first kappa shape index (κ1) is 13.3.